The molecule has 3 rings (SSSR count). The number of thiophene rings is 1. The molecule has 0 saturated heterocycles. The van der Waals surface area contributed by atoms with Gasteiger partial charge in [0.15, 0.2) is 0 Å². The first-order valence-electron chi connectivity index (χ1n) is 7.42. The number of rotatable bonds is 4. The molecule has 0 radical (unpaired) electrons. The first-order chi connectivity index (χ1) is 10.6. The van der Waals surface area contributed by atoms with Crippen molar-refractivity contribution in [3.05, 3.63) is 57.3 Å². The van der Waals surface area contributed by atoms with Crippen LogP contribution in [0.2, 0.25) is 0 Å². The molecule has 0 saturated carbocycles. The SMILES string of the molecule is NC(=O)C(NC(=O)c1cc2c(s1)CCCC2)c1ccccc1. The number of benzene rings is 1. The zero-order valence-electron chi connectivity index (χ0n) is 12.2. The topological polar surface area (TPSA) is 72.2 Å². The lowest BCUT2D eigenvalue weighted by atomic mass is 9.99. The van der Waals surface area contributed by atoms with Crippen LogP contribution in [0.5, 0.6) is 0 Å². The maximum atomic E-state index is 12.4. The molecular weight excluding hydrogens is 296 g/mol. The number of primary amides is 1. The first-order valence-corrected chi connectivity index (χ1v) is 8.23. The van der Waals surface area contributed by atoms with Crippen molar-refractivity contribution in [3.8, 4) is 0 Å². The molecule has 0 bridgehead atoms. The third-order valence-electron chi connectivity index (χ3n) is 3.91. The molecule has 3 N–H and O–H groups in total. The van der Waals surface area contributed by atoms with Crippen molar-refractivity contribution < 1.29 is 9.59 Å². The highest BCUT2D eigenvalue weighted by Gasteiger charge is 2.23. The molecule has 0 aliphatic heterocycles. The lowest BCUT2D eigenvalue weighted by molar-refractivity contribution is -0.120. The highest BCUT2D eigenvalue weighted by molar-refractivity contribution is 7.14. The van der Waals surface area contributed by atoms with Gasteiger partial charge in [-0.25, -0.2) is 0 Å². The van der Waals surface area contributed by atoms with Crippen LogP contribution in [-0.4, -0.2) is 11.8 Å². The van der Waals surface area contributed by atoms with E-state index in [2.05, 4.69) is 5.32 Å². The lowest BCUT2D eigenvalue weighted by Gasteiger charge is -2.15. The zero-order valence-corrected chi connectivity index (χ0v) is 13.0. The number of amides is 2. The van der Waals surface area contributed by atoms with Crippen LogP contribution in [0, 0.1) is 0 Å². The van der Waals surface area contributed by atoms with Crippen LogP contribution < -0.4 is 11.1 Å². The Balaban J connectivity index is 1.79. The third kappa shape index (κ3) is 3.04. The standard InChI is InChI=1S/C17H18N2O2S/c18-16(20)15(11-6-2-1-3-7-11)19-17(21)14-10-12-8-4-5-9-13(12)22-14/h1-3,6-7,10,15H,4-5,8-9H2,(H2,18,20)(H,19,21). The Morgan fingerprint density at radius 3 is 2.55 bits per heavy atom. The fourth-order valence-electron chi connectivity index (χ4n) is 2.77. The van der Waals surface area contributed by atoms with E-state index >= 15 is 0 Å². The van der Waals surface area contributed by atoms with Gasteiger partial charge in [0.1, 0.15) is 6.04 Å². The van der Waals surface area contributed by atoms with Crippen LogP contribution in [0.1, 0.15) is 44.6 Å². The summed E-state index contributed by atoms with van der Waals surface area (Å²) in [6, 6.07) is 10.2. The first kappa shape index (κ1) is 14.8. The van der Waals surface area contributed by atoms with Crippen LogP contribution in [0.15, 0.2) is 36.4 Å². The van der Waals surface area contributed by atoms with Crippen molar-refractivity contribution in [2.75, 3.05) is 0 Å². The van der Waals surface area contributed by atoms with Crippen molar-refractivity contribution in [3.63, 3.8) is 0 Å². The molecular formula is C17H18N2O2S. The largest absolute Gasteiger partial charge is 0.368 e. The smallest absolute Gasteiger partial charge is 0.262 e. The summed E-state index contributed by atoms with van der Waals surface area (Å²) in [4.78, 5) is 26.1. The second kappa shape index (κ2) is 6.32. The Kier molecular flexibility index (Phi) is 4.24. The molecule has 1 aliphatic carbocycles. The molecule has 22 heavy (non-hydrogen) atoms. The second-order valence-corrected chi connectivity index (χ2v) is 6.62. The van der Waals surface area contributed by atoms with Gasteiger partial charge in [-0.2, -0.15) is 0 Å². The van der Waals surface area contributed by atoms with Gasteiger partial charge in [-0.3, -0.25) is 9.59 Å². The average molecular weight is 314 g/mol. The minimum Gasteiger partial charge on any atom is -0.368 e. The van der Waals surface area contributed by atoms with E-state index in [0.717, 1.165) is 12.8 Å². The summed E-state index contributed by atoms with van der Waals surface area (Å²) in [6.45, 7) is 0. The maximum Gasteiger partial charge on any atom is 0.262 e. The number of nitrogens with two attached hydrogens (primary N) is 1. The highest BCUT2D eigenvalue weighted by Crippen LogP contribution is 2.30. The van der Waals surface area contributed by atoms with Gasteiger partial charge in [-0.15, -0.1) is 11.3 Å². The molecule has 114 valence electrons. The molecule has 1 atom stereocenters. The summed E-state index contributed by atoms with van der Waals surface area (Å²) in [7, 11) is 0. The molecule has 1 aromatic carbocycles. The van der Waals surface area contributed by atoms with E-state index in [0.29, 0.717) is 10.4 Å². The van der Waals surface area contributed by atoms with E-state index in [9.17, 15) is 9.59 Å². The number of carbonyl (C=O) groups is 2. The van der Waals surface area contributed by atoms with Gasteiger partial charge in [-0.05, 0) is 42.9 Å². The van der Waals surface area contributed by atoms with E-state index in [1.807, 2.05) is 24.3 Å². The maximum absolute atomic E-state index is 12.4. The molecule has 4 nitrogen and oxygen atoms in total. The number of hydrogen-bond acceptors (Lipinski definition) is 3. The number of aryl methyl sites for hydroxylation is 2. The molecule has 0 fully saturated rings. The Labute approximate surface area is 133 Å². The Morgan fingerprint density at radius 1 is 1.14 bits per heavy atom. The number of fused-ring (bicyclic) bond motifs is 1. The molecule has 1 aliphatic rings. The lowest BCUT2D eigenvalue weighted by Crippen LogP contribution is -2.37. The molecule has 2 amide bonds. The summed E-state index contributed by atoms with van der Waals surface area (Å²) in [5, 5.41) is 2.76. The van der Waals surface area contributed by atoms with Gasteiger partial charge in [-0.1, -0.05) is 30.3 Å². The van der Waals surface area contributed by atoms with Crippen molar-refractivity contribution in [2.24, 2.45) is 5.73 Å². The van der Waals surface area contributed by atoms with Gasteiger partial charge in [0.25, 0.3) is 5.91 Å². The minimum absolute atomic E-state index is 0.230. The van der Waals surface area contributed by atoms with Gasteiger partial charge in [0, 0.05) is 4.88 Å². The van der Waals surface area contributed by atoms with Crippen LogP contribution >= 0.6 is 11.3 Å². The van der Waals surface area contributed by atoms with Gasteiger partial charge in [0.2, 0.25) is 5.91 Å². The normalized spacial score (nSPS) is 14.9. The molecule has 2 aromatic rings. The summed E-state index contributed by atoms with van der Waals surface area (Å²) >= 11 is 1.53. The second-order valence-electron chi connectivity index (χ2n) is 5.49. The summed E-state index contributed by atoms with van der Waals surface area (Å²) in [5.74, 6) is -0.784. The van der Waals surface area contributed by atoms with Crippen LogP contribution in [-0.2, 0) is 17.6 Å². The van der Waals surface area contributed by atoms with Crippen molar-refractivity contribution in [1.29, 1.82) is 0 Å². The fourth-order valence-corrected chi connectivity index (χ4v) is 3.93. The van der Waals surface area contributed by atoms with Crippen LogP contribution in [0.4, 0.5) is 0 Å². The molecule has 1 aromatic heterocycles. The third-order valence-corrected chi connectivity index (χ3v) is 5.15. The molecule has 1 unspecified atom stereocenters. The monoisotopic (exact) mass is 314 g/mol. The zero-order chi connectivity index (χ0) is 15.5. The van der Waals surface area contributed by atoms with Crippen molar-refractivity contribution >= 4 is 23.2 Å². The van der Waals surface area contributed by atoms with E-state index in [-0.39, 0.29) is 5.91 Å². The fraction of sp³-hybridized carbons (Fsp3) is 0.294. The van der Waals surface area contributed by atoms with Gasteiger partial charge in [0.05, 0.1) is 4.88 Å². The highest BCUT2D eigenvalue weighted by atomic mass is 32.1. The Bertz CT molecular complexity index is 670. The molecule has 5 heteroatoms. The van der Waals surface area contributed by atoms with Crippen molar-refractivity contribution in [1.82, 2.24) is 5.32 Å². The molecule has 1 heterocycles. The van der Waals surface area contributed by atoms with E-state index in [4.69, 9.17) is 5.73 Å². The molecule has 0 spiro atoms. The summed E-state index contributed by atoms with van der Waals surface area (Å²) in [5.41, 5.74) is 7.42. The number of hydrogen-bond donors (Lipinski definition) is 2. The van der Waals surface area contributed by atoms with Gasteiger partial charge < -0.3 is 11.1 Å². The Morgan fingerprint density at radius 2 is 1.86 bits per heavy atom. The van der Waals surface area contributed by atoms with E-state index in [1.165, 1.54) is 34.6 Å². The minimum atomic E-state index is -0.798. The predicted molar refractivity (Wildman–Crippen MR) is 86.8 cm³/mol. The van der Waals surface area contributed by atoms with Crippen molar-refractivity contribution in [2.45, 2.75) is 31.7 Å². The average Bonchev–Trinajstić information content (AvgIpc) is 2.97. The number of carbonyl (C=O) groups excluding carboxylic acids is 2. The van der Waals surface area contributed by atoms with Crippen LogP contribution in [0.3, 0.4) is 0 Å². The van der Waals surface area contributed by atoms with E-state index < -0.39 is 11.9 Å². The van der Waals surface area contributed by atoms with Crippen LogP contribution in [0.25, 0.3) is 0 Å². The quantitative estimate of drug-likeness (QED) is 0.910. The van der Waals surface area contributed by atoms with Gasteiger partial charge >= 0.3 is 0 Å². The Hall–Kier alpha value is -2.14. The van der Waals surface area contributed by atoms with E-state index in [1.54, 1.807) is 12.1 Å². The predicted octanol–water partition coefficient (Wildman–Crippen LogP) is 2.58. The number of nitrogens with one attached hydrogen (secondary N) is 1. The summed E-state index contributed by atoms with van der Waals surface area (Å²) in [6.07, 6.45) is 4.45. The summed E-state index contributed by atoms with van der Waals surface area (Å²) < 4.78 is 0.